The van der Waals surface area contributed by atoms with Crippen molar-refractivity contribution in [3.05, 3.63) is 38.3 Å². The normalized spacial score (nSPS) is 10.9. The summed E-state index contributed by atoms with van der Waals surface area (Å²) >= 11 is 5.34. The molecule has 0 unspecified atom stereocenters. The van der Waals surface area contributed by atoms with E-state index in [1.165, 1.54) is 10.6 Å². The quantitative estimate of drug-likeness (QED) is 0.843. The first-order valence-corrected chi connectivity index (χ1v) is 6.57. The largest absolute Gasteiger partial charge is 0.268 e. The van der Waals surface area contributed by atoms with E-state index >= 15 is 0 Å². The van der Waals surface area contributed by atoms with Gasteiger partial charge in [-0.1, -0.05) is 6.07 Å². The van der Waals surface area contributed by atoms with Crippen LogP contribution in [0.3, 0.4) is 0 Å². The van der Waals surface area contributed by atoms with Crippen LogP contribution in [0.15, 0.2) is 22.0 Å². The Morgan fingerprint density at radius 2 is 2.27 bits per heavy atom. The lowest BCUT2D eigenvalue weighted by molar-refractivity contribution is 0.597. The lowest BCUT2D eigenvalue weighted by atomic mass is 10.3. The Labute approximate surface area is 102 Å². The summed E-state index contributed by atoms with van der Waals surface area (Å²) in [5.41, 5.74) is 2.28. The molecule has 2 aromatic heterocycles. The van der Waals surface area contributed by atoms with E-state index in [4.69, 9.17) is 0 Å². The third-order valence-electron chi connectivity index (χ3n) is 2.44. The number of thiophene rings is 1. The molecule has 2 nitrogen and oxygen atoms in total. The summed E-state index contributed by atoms with van der Waals surface area (Å²) in [7, 11) is 0. The lowest BCUT2D eigenvalue weighted by Crippen LogP contribution is -2.04. The van der Waals surface area contributed by atoms with Gasteiger partial charge in [-0.25, -0.2) is 0 Å². The van der Waals surface area contributed by atoms with Crippen molar-refractivity contribution in [1.29, 1.82) is 0 Å². The summed E-state index contributed by atoms with van der Waals surface area (Å²) < 4.78 is 3.20. The highest BCUT2D eigenvalue weighted by Gasteiger charge is 2.08. The minimum atomic E-state index is 0.957. The van der Waals surface area contributed by atoms with Crippen molar-refractivity contribution < 1.29 is 0 Å². The number of hydrogen-bond donors (Lipinski definition) is 0. The van der Waals surface area contributed by atoms with Gasteiger partial charge in [0.05, 0.1) is 10.2 Å². The van der Waals surface area contributed by atoms with E-state index in [-0.39, 0.29) is 0 Å². The van der Waals surface area contributed by atoms with Gasteiger partial charge in [-0.05, 0) is 41.2 Å². The standard InChI is InChI=1S/C11H13BrN2S/c1-8-11(12)9(2)14(13-8)6-5-10-4-3-7-15-10/h3-4,7H,5-6H2,1-2H3. The van der Waals surface area contributed by atoms with Gasteiger partial charge >= 0.3 is 0 Å². The molecule has 2 rings (SSSR count). The van der Waals surface area contributed by atoms with Gasteiger partial charge in [0, 0.05) is 23.5 Å². The Hall–Kier alpha value is -0.610. The maximum atomic E-state index is 4.48. The molecule has 0 bridgehead atoms. The van der Waals surface area contributed by atoms with Crippen molar-refractivity contribution in [2.75, 3.05) is 0 Å². The third kappa shape index (κ3) is 2.32. The predicted molar refractivity (Wildman–Crippen MR) is 67.4 cm³/mol. The van der Waals surface area contributed by atoms with Gasteiger partial charge < -0.3 is 0 Å². The van der Waals surface area contributed by atoms with Gasteiger partial charge in [0.2, 0.25) is 0 Å². The predicted octanol–water partition coefficient (Wildman–Crippen LogP) is 3.57. The summed E-state index contributed by atoms with van der Waals surface area (Å²) in [6.45, 7) is 5.08. The first-order valence-electron chi connectivity index (χ1n) is 4.90. The highest BCUT2D eigenvalue weighted by molar-refractivity contribution is 9.10. The van der Waals surface area contributed by atoms with Crippen LogP contribution in [0.4, 0.5) is 0 Å². The van der Waals surface area contributed by atoms with E-state index in [2.05, 4.69) is 50.1 Å². The van der Waals surface area contributed by atoms with Crippen molar-refractivity contribution in [3.8, 4) is 0 Å². The second kappa shape index (κ2) is 4.49. The van der Waals surface area contributed by atoms with Crippen LogP contribution in [0.5, 0.6) is 0 Å². The highest BCUT2D eigenvalue weighted by Crippen LogP contribution is 2.20. The molecule has 0 saturated heterocycles. The molecule has 2 aromatic rings. The summed E-state index contributed by atoms with van der Waals surface area (Å²) in [6.07, 6.45) is 1.06. The molecule has 15 heavy (non-hydrogen) atoms. The zero-order valence-corrected chi connectivity index (χ0v) is 11.2. The topological polar surface area (TPSA) is 17.8 Å². The monoisotopic (exact) mass is 284 g/mol. The number of halogens is 1. The summed E-state index contributed by atoms with van der Waals surface area (Å²) in [6, 6.07) is 4.27. The Morgan fingerprint density at radius 3 is 2.80 bits per heavy atom. The summed E-state index contributed by atoms with van der Waals surface area (Å²) in [4.78, 5) is 1.42. The SMILES string of the molecule is Cc1nn(CCc2cccs2)c(C)c1Br. The van der Waals surface area contributed by atoms with Crippen LogP contribution in [0, 0.1) is 13.8 Å². The maximum absolute atomic E-state index is 4.48. The zero-order valence-electron chi connectivity index (χ0n) is 8.83. The van der Waals surface area contributed by atoms with Crippen LogP contribution in [-0.2, 0) is 13.0 Å². The smallest absolute Gasteiger partial charge is 0.0738 e. The molecular formula is C11H13BrN2S. The first-order chi connectivity index (χ1) is 7.18. The van der Waals surface area contributed by atoms with E-state index in [1.54, 1.807) is 11.3 Å². The van der Waals surface area contributed by atoms with Crippen molar-refractivity contribution in [2.45, 2.75) is 26.8 Å². The number of aryl methyl sites for hydroxylation is 3. The molecule has 0 fully saturated rings. The molecule has 0 atom stereocenters. The van der Waals surface area contributed by atoms with E-state index in [0.717, 1.165) is 23.1 Å². The minimum absolute atomic E-state index is 0.957. The Morgan fingerprint density at radius 1 is 1.47 bits per heavy atom. The molecule has 0 spiro atoms. The van der Waals surface area contributed by atoms with Crippen LogP contribution in [0.2, 0.25) is 0 Å². The number of nitrogens with zero attached hydrogens (tertiary/aromatic N) is 2. The van der Waals surface area contributed by atoms with Crippen molar-refractivity contribution >= 4 is 27.3 Å². The molecule has 4 heteroatoms. The first kappa shape index (κ1) is 10.9. The van der Waals surface area contributed by atoms with Crippen LogP contribution in [-0.4, -0.2) is 9.78 Å². The summed E-state index contributed by atoms with van der Waals surface area (Å²) in [5.74, 6) is 0. The Bertz CT molecular complexity index is 445. The summed E-state index contributed by atoms with van der Waals surface area (Å²) in [5, 5.41) is 6.60. The van der Waals surface area contributed by atoms with E-state index < -0.39 is 0 Å². The van der Waals surface area contributed by atoms with Crippen molar-refractivity contribution in [2.24, 2.45) is 0 Å². The van der Waals surface area contributed by atoms with Gasteiger partial charge in [-0.2, -0.15) is 5.10 Å². The molecular weight excluding hydrogens is 272 g/mol. The zero-order chi connectivity index (χ0) is 10.8. The second-order valence-electron chi connectivity index (χ2n) is 3.54. The highest BCUT2D eigenvalue weighted by atomic mass is 79.9. The number of rotatable bonds is 3. The fourth-order valence-corrected chi connectivity index (χ4v) is 2.55. The third-order valence-corrected chi connectivity index (χ3v) is 4.53. The van der Waals surface area contributed by atoms with Gasteiger partial charge in [0.1, 0.15) is 0 Å². The molecule has 0 saturated carbocycles. The Balaban J connectivity index is 2.08. The van der Waals surface area contributed by atoms with Gasteiger partial charge in [-0.15, -0.1) is 11.3 Å². The molecule has 0 amide bonds. The van der Waals surface area contributed by atoms with Crippen LogP contribution in [0.1, 0.15) is 16.3 Å². The molecule has 0 radical (unpaired) electrons. The van der Waals surface area contributed by atoms with E-state index in [9.17, 15) is 0 Å². The molecule has 2 heterocycles. The van der Waals surface area contributed by atoms with Crippen molar-refractivity contribution in [3.63, 3.8) is 0 Å². The number of hydrogen-bond acceptors (Lipinski definition) is 2. The van der Waals surface area contributed by atoms with Gasteiger partial charge in [0.15, 0.2) is 0 Å². The molecule has 80 valence electrons. The fourth-order valence-electron chi connectivity index (χ4n) is 1.56. The van der Waals surface area contributed by atoms with E-state index in [0.29, 0.717) is 0 Å². The molecule has 0 aliphatic heterocycles. The fraction of sp³-hybridized carbons (Fsp3) is 0.364. The maximum Gasteiger partial charge on any atom is 0.0738 e. The average molecular weight is 285 g/mol. The molecule has 0 aliphatic carbocycles. The van der Waals surface area contributed by atoms with Crippen LogP contribution >= 0.6 is 27.3 Å². The number of aromatic nitrogens is 2. The second-order valence-corrected chi connectivity index (χ2v) is 5.36. The van der Waals surface area contributed by atoms with Gasteiger partial charge in [0.25, 0.3) is 0 Å². The van der Waals surface area contributed by atoms with Crippen LogP contribution in [0.25, 0.3) is 0 Å². The van der Waals surface area contributed by atoms with E-state index in [1.807, 2.05) is 6.92 Å². The lowest BCUT2D eigenvalue weighted by Gasteiger charge is -2.02. The van der Waals surface area contributed by atoms with Crippen molar-refractivity contribution in [1.82, 2.24) is 9.78 Å². The molecule has 0 aromatic carbocycles. The Kier molecular flexibility index (Phi) is 3.26. The molecule has 0 aliphatic rings. The minimum Gasteiger partial charge on any atom is -0.268 e. The van der Waals surface area contributed by atoms with Gasteiger partial charge in [-0.3, -0.25) is 4.68 Å². The van der Waals surface area contributed by atoms with Crippen LogP contribution < -0.4 is 0 Å². The molecule has 0 N–H and O–H groups in total. The average Bonchev–Trinajstić information content (AvgIpc) is 2.80.